The first-order valence-corrected chi connectivity index (χ1v) is 5.68. The molecule has 1 unspecified atom stereocenters. The van der Waals surface area contributed by atoms with E-state index in [2.05, 4.69) is 0 Å². The molecular weight excluding hydrogens is 298 g/mol. The molecule has 0 fully saturated rings. The summed E-state index contributed by atoms with van der Waals surface area (Å²) in [5, 5.41) is 19.2. The highest BCUT2D eigenvalue weighted by Gasteiger charge is 2.36. The van der Waals surface area contributed by atoms with Gasteiger partial charge in [-0.1, -0.05) is 6.07 Å². The number of carboxylic acids is 1. The average Bonchev–Trinajstić information content (AvgIpc) is 2.36. The lowest BCUT2D eigenvalue weighted by molar-refractivity contribution is -0.140. The predicted octanol–water partition coefficient (Wildman–Crippen LogP) is 1.41. The molecule has 1 atom stereocenters. The SMILES string of the molecule is O=C(NC(CCO)C(=O)O)c1cccc(C(F)(F)F)c1F. The number of carbonyl (C=O) groups excluding carboxylic acids is 1. The van der Waals surface area contributed by atoms with Crippen molar-refractivity contribution in [3.63, 3.8) is 0 Å². The van der Waals surface area contributed by atoms with Crippen LogP contribution in [0.2, 0.25) is 0 Å². The van der Waals surface area contributed by atoms with Crippen LogP contribution >= 0.6 is 0 Å². The van der Waals surface area contributed by atoms with Crippen molar-refractivity contribution in [1.29, 1.82) is 0 Å². The van der Waals surface area contributed by atoms with Crippen LogP contribution in [0.1, 0.15) is 22.3 Å². The second kappa shape index (κ2) is 6.53. The first-order valence-electron chi connectivity index (χ1n) is 5.68. The number of benzene rings is 1. The third-order valence-corrected chi connectivity index (χ3v) is 2.57. The van der Waals surface area contributed by atoms with Gasteiger partial charge in [0.2, 0.25) is 0 Å². The zero-order chi connectivity index (χ0) is 16.2. The molecule has 116 valence electrons. The van der Waals surface area contributed by atoms with Gasteiger partial charge in [0.25, 0.3) is 5.91 Å². The van der Waals surface area contributed by atoms with Crippen LogP contribution in [0, 0.1) is 5.82 Å². The van der Waals surface area contributed by atoms with Crippen molar-refractivity contribution >= 4 is 11.9 Å². The van der Waals surface area contributed by atoms with Crippen molar-refractivity contribution < 1.29 is 37.4 Å². The Labute approximate surface area is 116 Å². The molecule has 1 amide bonds. The Hall–Kier alpha value is -2.16. The number of carboxylic acid groups (broad SMARTS) is 1. The summed E-state index contributed by atoms with van der Waals surface area (Å²) in [4.78, 5) is 22.4. The van der Waals surface area contributed by atoms with E-state index in [9.17, 15) is 27.2 Å². The van der Waals surface area contributed by atoms with Gasteiger partial charge in [-0.3, -0.25) is 4.79 Å². The largest absolute Gasteiger partial charge is 0.480 e. The van der Waals surface area contributed by atoms with Gasteiger partial charge in [-0.05, 0) is 12.1 Å². The highest BCUT2D eigenvalue weighted by molar-refractivity contribution is 5.97. The lowest BCUT2D eigenvalue weighted by atomic mass is 10.1. The molecule has 0 radical (unpaired) electrons. The van der Waals surface area contributed by atoms with Crippen molar-refractivity contribution in [2.45, 2.75) is 18.6 Å². The normalized spacial score (nSPS) is 12.8. The van der Waals surface area contributed by atoms with E-state index in [0.29, 0.717) is 6.07 Å². The zero-order valence-electron chi connectivity index (χ0n) is 10.4. The Kier molecular flexibility index (Phi) is 5.25. The molecule has 0 spiro atoms. The molecule has 0 saturated carbocycles. The Morgan fingerprint density at radius 3 is 2.38 bits per heavy atom. The Bertz CT molecular complexity index is 545. The predicted molar refractivity (Wildman–Crippen MR) is 62.0 cm³/mol. The monoisotopic (exact) mass is 309 g/mol. The third kappa shape index (κ3) is 4.15. The maximum atomic E-state index is 13.7. The molecule has 0 aromatic heterocycles. The summed E-state index contributed by atoms with van der Waals surface area (Å²) < 4.78 is 51.2. The summed E-state index contributed by atoms with van der Waals surface area (Å²) >= 11 is 0. The quantitative estimate of drug-likeness (QED) is 0.718. The number of aliphatic carboxylic acids is 1. The Morgan fingerprint density at radius 2 is 1.90 bits per heavy atom. The second-order valence-electron chi connectivity index (χ2n) is 4.04. The maximum Gasteiger partial charge on any atom is 0.419 e. The van der Waals surface area contributed by atoms with Crippen LogP contribution in [0.5, 0.6) is 0 Å². The molecule has 5 nitrogen and oxygen atoms in total. The van der Waals surface area contributed by atoms with Crippen molar-refractivity contribution in [3.05, 3.63) is 35.1 Å². The summed E-state index contributed by atoms with van der Waals surface area (Å²) in [6.45, 7) is -0.567. The Morgan fingerprint density at radius 1 is 1.29 bits per heavy atom. The van der Waals surface area contributed by atoms with E-state index in [1.807, 2.05) is 5.32 Å². The maximum absolute atomic E-state index is 13.7. The Balaban J connectivity index is 3.06. The fraction of sp³-hybridized carbons (Fsp3) is 0.333. The van der Waals surface area contributed by atoms with Gasteiger partial charge >= 0.3 is 12.1 Å². The molecular formula is C12H11F4NO4. The van der Waals surface area contributed by atoms with Crippen LogP contribution in [0.15, 0.2) is 18.2 Å². The van der Waals surface area contributed by atoms with Gasteiger partial charge in [0.15, 0.2) is 0 Å². The van der Waals surface area contributed by atoms with Gasteiger partial charge < -0.3 is 15.5 Å². The zero-order valence-corrected chi connectivity index (χ0v) is 10.4. The van der Waals surface area contributed by atoms with E-state index in [1.54, 1.807) is 0 Å². The van der Waals surface area contributed by atoms with Gasteiger partial charge in [0.1, 0.15) is 11.9 Å². The van der Waals surface area contributed by atoms with Crippen LogP contribution in [0.3, 0.4) is 0 Å². The van der Waals surface area contributed by atoms with Gasteiger partial charge in [-0.15, -0.1) is 0 Å². The molecule has 3 N–H and O–H groups in total. The minimum absolute atomic E-state index is 0.359. The molecule has 1 aromatic carbocycles. The lowest BCUT2D eigenvalue weighted by Crippen LogP contribution is -2.41. The topological polar surface area (TPSA) is 86.6 Å². The van der Waals surface area contributed by atoms with E-state index in [-0.39, 0.29) is 6.42 Å². The molecule has 9 heteroatoms. The number of carbonyl (C=O) groups is 2. The molecule has 1 rings (SSSR count). The molecule has 0 aliphatic rings. The standard InChI is InChI=1S/C12H11F4NO4/c13-9-6(2-1-3-7(9)12(14,15)16)10(19)17-8(4-5-18)11(20)21/h1-3,8,18H,4-5H2,(H,17,19)(H,20,21). The van der Waals surface area contributed by atoms with Gasteiger partial charge in [0, 0.05) is 13.0 Å². The van der Waals surface area contributed by atoms with E-state index >= 15 is 0 Å². The number of amides is 1. The van der Waals surface area contributed by atoms with Crippen LogP contribution < -0.4 is 5.32 Å². The molecule has 0 heterocycles. The summed E-state index contributed by atoms with van der Waals surface area (Å²) in [5.41, 5.74) is -2.54. The van der Waals surface area contributed by atoms with Crippen molar-refractivity contribution in [2.24, 2.45) is 0 Å². The van der Waals surface area contributed by atoms with Crippen molar-refractivity contribution in [2.75, 3.05) is 6.61 Å². The summed E-state index contributed by atoms with van der Waals surface area (Å²) in [5.74, 6) is -4.58. The molecule has 1 aromatic rings. The number of hydrogen-bond donors (Lipinski definition) is 3. The molecule has 0 aliphatic heterocycles. The smallest absolute Gasteiger partial charge is 0.419 e. The van der Waals surface area contributed by atoms with Gasteiger partial charge in [0.05, 0.1) is 11.1 Å². The van der Waals surface area contributed by atoms with Crippen molar-refractivity contribution in [1.82, 2.24) is 5.32 Å². The number of nitrogens with one attached hydrogen (secondary N) is 1. The summed E-state index contributed by atoms with van der Waals surface area (Å²) in [6.07, 6.45) is -5.33. The van der Waals surface area contributed by atoms with Crippen molar-refractivity contribution in [3.8, 4) is 0 Å². The van der Waals surface area contributed by atoms with Crippen LogP contribution in [0.25, 0.3) is 0 Å². The molecule has 0 aliphatic carbocycles. The number of hydrogen-bond acceptors (Lipinski definition) is 3. The number of halogens is 4. The van der Waals surface area contributed by atoms with E-state index in [1.165, 1.54) is 0 Å². The van der Waals surface area contributed by atoms with Crippen LogP contribution in [-0.2, 0) is 11.0 Å². The molecule has 0 saturated heterocycles. The van der Waals surface area contributed by atoms with E-state index in [0.717, 1.165) is 12.1 Å². The second-order valence-corrected chi connectivity index (χ2v) is 4.04. The highest BCUT2D eigenvalue weighted by Crippen LogP contribution is 2.32. The average molecular weight is 309 g/mol. The minimum atomic E-state index is -4.97. The minimum Gasteiger partial charge on any atom is -0.480 e. The number of alkyl halides is 3. The third-order valence-electron chi connectivity index (χ3n) is 2.57. The first kappa shape index (κ1) is 16.9. The highest BCUT2D eigenvalue weighted by atomic mass is 19.4. The van der Waals surface area contributed by atoms with Crippen LogP contribution in [-0.4, -0.2) is 34.7 Å². The number of rotatable bonds is 5. The lowest BCUT2D eigenvalue weighted by Gasteiger charge is -2.15. The van der Waals surface area contributed by atoms with Gasteiger partial charge in [-0.25, -0.2) is 9.18 Å². The fourth-order valence-corrected chi connectivity index (χ4v) is 1.55. The van der Waals surface area contributed by atoms with Gasteiger partial charge in [-0.2, -0.15) is 13.2 Å². The molecule has 0 bridgehead atoms. The summed E-state index contributed by atoms with van der Waals surface area (Å²) in [6, 6.07) is 0.575. The fourth-order valence-electron chi connectivity index (χ4n) is 1.55. The summed E-state index contributed by atoms with van der Waals surface area (Å²) in [7, 11) is 0. The first-order chi connectivity index (χ1) is 9.68. The van der Waals surface area contributed by atoms with E-state index < -0.39 is 47.6 Å². The van der Waals surface area contributed by atoms with Crippen LogP contribution in [0.4, 0.5) is 17.6 Å². The number of aliphatic hydroxyl groups excluding tert-OH is 1. The number of aliphatic hydroxyl groups is 1. The molecule has 21 heavy (non-hydrogen) atoms. The van der Waals surface area contributed by atoms with E-state index in [4.69, 9.17) is 10.2 Å².